The molecule has 2 rings (SSSR count). The number of aromatic amines is 1. The van der Waals surface area contributed by atoms with E-state index >= 15 is 0 Å². The smallest absolute Gasteiger partial charge is 0.201 e. The van der Waals surface area contributed by atoms with Gasteiger partial charge in [-0.25, -0.2) is 4.98 Å². The van der Waals surface area contributed by atoms with Gasteiger partial charge in [-0.2, -0.15) is 5.10 Å². The normalized spacial score (nSPS) is 11.2. The van der Waals surface area contributed by atoms with E-state index in [4.69, 9.17) is 0 Å². The molecule has 0 amide bonds. The number of fused-ring (bicyclic) bond motifs is 1. The minimum Gasteiger partial charge on any atom is -0.382 e. The van der Waals surface area contributed by atoms with Crippen LogP contribution in [0.5, 0.6) is 0 Å². The number of nitrogens with zero attached hydrogens (tertiary/aromatic N) is 4. The molecule has 16 heavy (non-hydrogen) atoms. The third kappa shape index (κ3) is 2.46. The predicted molar refractivity (Wildman–Crippen MR) is 63.3 cm³/mol. The van der Waals surface area contributed by atoms with Gasteiger partial charge in [-0.1, -0.05) is 0 Å². The summed E-state index contributed by atoms with van der Waals surface area (Å²) in [4.78, 5) is 9.27. The highest BCUT2D eigenvalue weighted by atomic mass is 15.2. The third-order valence-corrected chi connectivity index (χ3v) is 2.33. The molecule has 6 nitrogen and oxygen atoms in total. The Balaban J connectivity index is 1.96. The van der Waals surface area contributed by atoms with E-state index in [9.17, 15) is 0 Å². The second kappa shape index (κ2) is 4.89. The van der Waals surface area contributed by atoms with Gasteiger partial charge in [0.1, 0.15) is 5.52 Å². The molecule has 86 valence electrons. The van der Waals surface area contributed by atoms with Crippen molar-refractivity contribution in [3.8, 4) is 0 Å². The molecule has 2 aromatic rings. The molecule has 2 N–H and O–H groups in total. The topological polar surface area (TPSA) is 69.7 Å². The van der Waals surface area contributed by atoms with E-state index in [0.717, 1.165) is 30.7 Å². The van der Waals surface area contributed by atoms with Crippen LogP contribution in [0.4, 0.5) is 5.69 Å². The molecule has 0 aromatic carbocycles. The van der Waals surface area contributed by atoms with Gasteiger partial charge in [0.05, 0.1) is 18.2 Å². The van der Waals surface area contributed by atoms with E-state index in [1.165, 1.54) is 0 Å². The highest BCUT2D eigenvalue weighted by Gasteiger charge is 2.03. The van der Waals surface area contributed by atoms with Crippen molar-refractivity contribution in [2.45, 2.75) is 6.42 Å². The monoisotopic (exact) mass is 220 g/mol. The van der Waals surface area contributed by atoms with E-state index in [1.54, 1.807) is 12.5 Å². The van der Waals surface area contributed by atoms with Crippen molar-refractivity contribution in [3.05, 3.63) is 12.5 Å². The summed E-state index contributed by atoms with van der Waals surface area (Å²) in [5.41, 5.74) is 2.53. The molecule has 0 saturated carbocycles. The van der Waals surface area contributed by atoms with Gasteiger partial charge in [0, 0.05) is 6.54 Å². The Bertz CT molecular complexity index is 449. The van der Waals surface area contributed by atoms with E-state index < -0.39 is 0 Å². The summed E-state index contributed by atoms with van der Waals surface area (Å²) in [6.45, 7) is 1.98. The zero-order chi connectivity index (χ0) is 11.4. The van der Waals surface area contributed by atoms with Crippen LogP contribution in [-0.2, 0) is 0 Å². The summed E-state index contributed by atoms with van der Waals surface area (Å²) in [6.07, 6.45) is 4.44. The molecule has 0 radical (unpaired) electrons. The van der Waals surface area contributed by atoms with Crippen LogP contribution in [0, 0.1) is 0 Å². The summed E-state index contributed by atoms with van der Waals surface area (Å²) >= 11 is 0. The van der Waals surface area contributed by atoms with Gasteiger partial charge in [-0.05, 0) is 27.1 Å². The van der Waals surface area contributed by atoms with Crippen LogP contribution >= 0.6 is 0 Å². The summed E-state index contributed by atoms with van der Waals surface area (Å²) in [7, 11) is 4.14. The molecule has 0 unspecified atom stereocenters. The van der Waals surface area contributed by atoms with Crippen LogP contribution in [-0.4, -0.2) is 52.3 Å². The molecule has 2 aromatic heterocycles. The lowest BCUT2D eigenvalue weighted by atomic mass is 10.3. The second-order valence-corrected chi connectivity index (χ2v) is 3.94. The van der Waals surface area contributed by atoms with Gasteiger partial charge >= 0.3 is 0 Å². The number of hydrogen-bond acceptors (Lipinski definition) is 5. The van der Waals surface area contributed by atoms with Gasteiger partial charge in [0.25, 0.3) is 0 Å². The summed E-state index contributed by atoms with van der Waals surface area (Å²) in [5.74, 6) is 0. The van der Waals surface area contributed by atoms with Crippen LogP contribution < -0.4 is 5.32 Å². The second-order valence-electron chi connectivity index (χ2n) is 3.94. The summed E-state index contributed by atoms with van der Waals surface area (Å²) in [6, 6.07) is 0. The lowest BCUT2D eigenvalue weighted by Gasteiger charge is -2.10. The van der Waals surface area contributed by atoms with Crippen molar-refractivity contribution in [1.82, 2.24) is 25.1 Å². The lowest BCUT2D eigenvalue weighted by molar-refractivity contribution is 0.405. The number of hydrogen-bond donors (Lipinski definition) is 2. The molecule has 0 spiro atoms. The van der Waals surface area contributed by atoms with Gasteiger partial charge in [-0.15, -0.1) is 5.10 Å². The molecular weight excluding hydrogens is 204 g/mol. The average Bonchev–Trinajstić information content (AvgIpc) is 2.72. The fraction of sp³-hybridized carbons (Fsp3) is 0.500. The summed E-state index contributed by atoms with van der Waals surface area (Å²) in [5, 5.41) is 11.1. The van der Waals surface area contributed by atoms with Gasteiger partial charge < -0.3 is 15.2 Å². The average molecular weight is 220 g/mol. The SMILES string of the molecule is CN(C)CCCNc1cnnc2nc[nH]c12. The van der Waals surface area contributed by atoms with E-state index in [2.05, 4.69) is 44.5 Å². The Morgan fingerprint density at radius 2 is 2.31 bits per heavy atom. The molecule has 2 heterocycles. The first-order chi connectivity index (χ1) is 7.77. The van der Waals surface area contributed by atoms with E-state index in [0.29, 0.717) is 5.65 Å². The number of H-pyrrole nitrogens is 1. The van der Waals surface area contributed by atoms with Gasteiger partial charge in [-0.3, -0.25) is 0 Å². The number of aromatic nitrogens is 4. The van der Waals surface area contributed by atoms with Crippen LogP contribution in [0.15, 0.2) is 12.5 Å². The first-order valence-corrected chi connectivity index (χ1v) is 5.31. The largest absolute Gasteiger partial charge is 0.382 e. The minimum absolute atomic E-state index is 0.651. The van der Waals surface area contributed by atoms with Crippen LogP contribution in [0.25, 0.3) is 11.2 Å². The predicted octanol–water partition coefficient (Wildman–Crippen LogP) is 0.716. The van der Waals surface area contributed by atoms with Crippen LogP contribution in [0.2, 0.25) is 0 Å². The zero-order valence-electron chi connectivity index (χ0n) is 9.56. The van der Waals surface area contributed by atoms with Gasteiger partial charge in [0.15, 0.2) is 0 Å². The lowest BCUT2D eigenvalue weighted by Crippen LogP contribution is -2.16. The fourth-order valence-electron chi connectivity index (χ4n) is 1.52. The maximum absolute atomic E-state index is 4.06. The van der Waals surface area contributed by atoms with E-state index in [1.807, 2.05) is 0 Å². The van der Waals surface area contributed by atoms with Crippen molar-refractivity contribution in [2.75, 3.05) is 32.5 Å². The molecule has 0 aliphatic carbocycles. The number of rotatable bonds is 5. The molecule has 6 heteroatoms. The number of imidazole rings is 1. The molecule has 0 bridgehead atoms. The molecule has 0 aliphatic heterocycles. The third-order valence-electron chi connectivity index (χ3n) is 2.33. The Hall–Kier alpha value is -1.69. The zero-order valence-corrected chi connectivity index (χ0v) is 9.56. The quantitative estimate of drug-likeness (QED) is 0.726. The first kappa shape index (κ1) is 10.8. The molecule has 0 fully saturated rings. The molecular formula is C10H16N6. The first-order valence-electron chi connectivity index (χ1n) is 5.31. The fourth-order valence-corrected chi connectivity index (χ4v) is 1.52. The highest BCUT2D eigenvalue weighted by molar-refractivity contribution is 5.83. The van der Waals surface area contributed by atoms with E-state index in [-0.39, 0.29) is 0 Å². The summed E-state index contributed by atoms with van der Waals surface area (Å²) < 4.78 is 0. The Morgan fingerprint density at radius 1 is 1.44 bits per heavy atom. The van der Waals surface area contributed by atoms with Crippen molar-refractivity contribution >= 4 is 16.9 Å². The highest BCUT2D eigenvalue weighted by Crippen LogP contribution is 2.15. The van der Waals surface area contributed by atoms with Crippen molar-refractivity contribution < 1.29 is 0 Å². The van der Waals surface area contributed by atoms with Crippen molar-refractivity contribution in [2.24, 2.45) is 0 Å². The number of anilines is 1. The Morgan fingerprint density at radius 3 is 3.12 bits per heavy atom. The standard InChI is InChI=1S/C10H16N6/c1-16(2)5-3-4-11-8-6-14-15-10-9(8)12-7-13-10/h6-7H,3-5H2,1-2H3,(H2,11,12,13,15). The Labute approximate surface area is 94.1 Å². The maximum Gasteiger partial charge on any atom is 0.201 e. The van der Waals surface area contributed by atoms with Gasteiger partial charge in [0.2, 0.25) is 5.65 Å². The van der Waals surface area contributed by atoms with Crippen molar-refractivity contribution in [3.63, 3.8) is 0 Å². The Kier molecular flexibility index (Phi) is 3.31. The minimum atomic E-state index is 0.651. The molecule has 0 aliphatic rings. The molecule has 0 atom stereocenters. The molecule has 0 saturated heterocycles. The van der Waals surface area contributed by atoms with Crippen LogP contribution in [0.1, 0.15) is 6.42 Å². The maximum atomic E-state index is 4.06. The number of nitrogens with one attached hydrogen (secondary N) is 2. The van der Waals surface area contributed by atoms with Crippen LogP contribution in [0.3, 0.4) is 0 Å². The van der Waals surface area contributed by atoms with Crippen molar-refractivity contribution in [1.29, 1.82) is 0 Å².